The van der Waals surface area contributed by atoms with Crippen molar-refractivity contribution in [3.8, 4) is 5.69 Å². The largest absolute Gasteiger partial charge is 0.357 e. The number of pyridine rings is 1. The van der Waals surface area contributed by atoms with E-state index in [1.54, 1.807) is 17.1 Å². The number of anilines is 3. The SMILES string of the molecule is CC(C)N(C)c1cc(-n2c3nc(Nc4ccc5c(c4)CCNC5)ncc3c(=O)n2C(C)C)ccn1. The fraction of sp³-hybridized carbons (Fsp3) is 0.385. The molecule has 1 aliphatic rings. The zero-order chi connectivity index (χ0) is 24.7. The Kier molecular flexibility index (Phi) is 6.02. The van der Waals surface area contributed by atoms with E-state index >= 15 is 0 Å². The molecule has 0 fully saturated rings. The van der Waals surface area contributed by atoms with E-state index in [4.69, 9.17) is 4.98 Å². The number of benzene rings is 1. The smallest absolute Gasteiger partial charge is 0.278 e. The van der Waals surface area contributed by atoms with Crippen molar-refractivity contribution in [3.05, 3.63) is 64.2 Å². The fourth-order valence-electron chi connectivity index (χ4n) is 4.45. The number of hydrogen-bond donors (Lipinski definition) is 2. The second-order valence-corrected chi connectivity index (χ2v) is 9.60. The van der Waals surface area contributed by atoms with Gasteiger partial charge < -0.3 is 15.5 Å². The molecule has 9 nitrogen and oxygen atoms in total. The second kappa shape index (κ2) is 9.14. The van der Waals surface area contributed by atoms with Crippen LogP contribution in [0, 0.1) is 0 Å². The number of aromatic nitrogens is 5. The Labute approximate surface area is 204 Å². The van der Waals surface area contributed by atoms with Crippen molar-refractivity contribution in [2.75, 3.05) is 23.8 Å². The van der Waals surface area contributed by atoms with Gasteiger partial charge in [-0.15, -0.1) is 0 Å². The maximum Gasteiger partial charge on any atom is 0.278 e. The highest BCUT2D eigenvalue weighted by molar-refractivity contribution is 5.77. The molecular weight excluding hydrogens is 440 g/mol. The van der Waals surface area contributed by atoms with Crippen LogP contribution in [0.25, 0.3) is 16.7 Å². The van der Waals surface area contributed by atoms with E-state index < -0.39 is 0 Å². The van der Waals surface area contributed by atoms with Gasteiger partial charge >= 0.3 is 0 Å². The summed E-state index contributed by atoms with van der Waals surface area (Å²) in [5, 5.41) is 7.22. The van der Waals surface area contributed by atoms with Gasteiger partial charge in [-0.05, 0) is 70.0 Å². The van der Waals surface area contributed by atoms with Crippen LogP contribution in [0.3, 0.4) is 0 Å². The maximum atomic E-state index is 13.3. The molecule has 5 rings (SSSR count). The van der Waals surface area contributed by atoms with Gasteiger partial charge in [0.05, 0.1) is 5.69 Å². The van der Waals surface area contributed by atoms with Crippen molar-refractivity contribution < 1.29 is 0 Å². The van der Waals surface area contributed by atoms with Crippen molar-refractivity contribution in [3.63, 3.8) is 0 Å². The molecule has 0 amide bonds. The van der Waals surface area contributed by atoms with Crippen LogP contribution in [0.1, 0.15) is 44.9 Å². The predicted octanol–water partition coefficient (Wildman–Crippen LogP) is 3.79. The van der Waals surface area contributed by atoms with E-state index in [0.29, 0.717) is 17.0 Å². The number of rotatable bonds is 6. The van der Waals surface area contributed by atoms with Crippen LogP contribution in [0.15, 0.2) is 47.5 Å². The third kappa shape index (κ3) is 4.27. The zero-order valence-electron chi connectivity index (χ0n) is 20.9. The van der Waals surface area contributed by atoms with Gasteiger partial charge in [-0.25, -0.2) is 19.3 Å². The van der Waals surface area contributed by atoms with Crippen LogP contribution in [0.5, 0.6) is 0 Å². The molecule has 9 heteroatoms. The summed E-state index contributed by atoms with van der Waals surface area (Å²) >= 11 is 0. The normalized spacial score (nSPS) is 13.5. The van der Waals surface area contributed by atoms with Gasteiger partial charge in [0.25, 0.3) is 5.56 Å². The van der Waals surface area contributed by atoms with Gasteiger partial charge in [-0.3, -0.25) is 4.79 Å². The number of hydrogen-bond acceptors (Lipinski definition) is 7. The van der Waals surface area contributed by atoms with Crippen molar-refractivity contribution in [2.45, 2.75) is 52.7 Å². The first kappa shape index (κ1) is 23.0. The first-order valence-corrected chi connectivity index (χ1v) is 12.1. The molecule has 0 saturated heterocycles. The van der Waals surface area contributed by atoms with Crippen molar-refractivity contribution in [1.82, 2.24) is 29.6 Å². The molecule has 0 radical (unpaired) electrons. The highest BCUT2D eigenvalue weighted by Gasteiger charge is 2.20. The third-order valence-corrected chi connectivity index (χ3v) is 6.57. The molecule has 182 valence electrons. The second-order valence-electron chi connectivity index (χ2n) is 9.60. The summed E-state index contributed by atoms with van der Waals surface area (Å²) in [5.74, 6) is 1.28. The maximum absolute atomic E-state index is 13.3. The highest BCUT2D eigenvalue weighted by Crippen LogP contribution is 2.24. The minimum Gasteiger partial charge on any atom is -0.357 e. The Morgan fingerprint density at radius 1 is 1.09 bits per heavy atom. The zero-order valence-corrected chi connectivity index (χ0v) is 20.9. The summed E-state index contributed by atoms with van der Waals surface area (Å²) in [6.45, 7) is 10.1. The summed E-state index contributed by atoms with van der Waals surface area (Å²) in [4.78, 5) is 29.2. The molecule has 0 saturated carbocycles. The Morgan fingerprint density at radius 2 is 1.91 bits per heavy atom. The van der Waals surface area contributed by atoms with Crippen LogP contribution < -0.4 is 21.1 Å². The van der Waals surface area contributed by atoms with Gasteiger partial charge in [0, 0.05) is 49.8 Å². The van der Waals surface area contributed by atoms with Crippen LogP contribution in [0.4, 0.5) is 17.5 Å². The molecule has 2 N–H and O–H groups in total. The van der Waals surface area contributed by atoms with E-state index in [2.05, 4.69) is 51.5 Å². The lowest BCUT2D eigenvalue weighted by atomic mass is 10.0. The van der Waals surface area contributed by atoms with Gasteiger partial charge in [0.2, 0.25) is 5.95 Å². The highest BCUT2D eigenvalue weighted by atomic mass is 16.1. The standard InChI is InChI=1S/C26H32N8O/c1-16(2)32(5)23-13-21(9-11-28-23)34-24-22(25(35)33(34)17(3)4)15-29-26(31-24)30-20-7-6-19-14-27-10-8-18(19)12-20/h6-7,9,11-13,15-17,27H,8,10,14H2,1-5H3,(H,29,30,31). The number of nitrogens with one attached hydrogen (secondary N) is 2. The lowest BCUT2D eigenvalue weighted by Gasteiger charge is -2.23. The first-order chi connectivity index (χ1) is 16.8. The molecular formula is C26H32N8O. The molecule has 1 aromatic carbocycles. The van der Waals surface area contributed by atoms with Gasteiger partial charge in [-0.1, -0.05) is 6.07 Å². The quantitative estimate of drug-likeness (QED) is 0.441. The lowest BCUT2D eigenvalue weighted by Crippen LogP contribution is -2.27. The van der Waals surface area contributed by atoms with Gasteiger partial charge in [-0.2, -0.15) is 4.98 Å². The van der Waals surface area contributed by atoms with E-state index in [-0.39, 0.29) is 17.6 Å². The summed E-state index contributed by atoms with van der Waals surface area (Å²) in [6, 6.07) is 10.5. The van der Waals surface area contributed by atoms with Crippen molar-refractivity contribution in [2.24, 2.45) is 0 Å². The summed E-state index contributed by atoms with van der Waals surface area (Å²) < 4.78 is 3.61. The van der Waals surface area contributed by atoms with Gasteiger partial charge in [0.15, 0.2) is 5.65 Å². The molecule has 4 aromatic rings. The van der Waals surface area contributed by atoms with E-state index in [1.807, 2.05) is 43.8 Å². The minimum atomic E-state index is -0.113. The van der Waals surface area contributed by atoms with E-state index in [9.17, 15) is 4.79 Å². The topological polar surface area (TPSA) is 92.9 Å². The predicted molar refractivity (Wildman–Crippen MR) is 140 cm³/mol. The van der Waals surface area contributed by atoms with Crippen LogP contribution >= 0.6 is 0 Å². The number of nitrogens with zero attached hydrogens (tertiary/aromatic N) is 6. The average molecular weight is 473 g/mol. The Bertz CT molecular complexity index is 1440. The van der Waals surface area contributed by atoms with Crippen LogP contribution in [0.2, 0.25) is 0 Å². The summed E-state index contributed by atoms with van der Waals surface area (Å²) in [5.41, 5.74) is 4.87. The molecule has 0 atom stereocenters. The average Bonchev–Trinajstić information content (AvgIpc) is 3.15. The molecule has 0 unspecified atom stereocenters. The molecule has 0 aliphatic carbocycles. The minimum absolute atomic E-state index is 0.0678. The Hall–Kier alpha value is -3.72. The third-order valence-electron chi connectivity index (χ3n) is 6.57. The molecule has 35 heavy (non-hydrogen) atoms. The molecule has 0 spiro atoms. The van der Waals surface area contributed by atoms with Gasteiger partial charge in [0.1, 0.15) is 11.2 Å². The van der Waals surface area contributed by atoms with Crippen LogP contribution in [-0.2, 0) is 13.0 Å². The summed E-state index contributed by atoms with van der Waals surface area (Å²) in [7, 11) is 2.01. The molecule has 1 aliphatic heterocycles. The first-order valence-electron chi connectivity index (χ1n) is 12.1. The van der Waals surface area contributed by atoms with E-state index in [0.717, 1.165) is 36.7 Å². The Morgan fingerprint density at radius 3 is 2.69 bits per heavy atom. The summed E-state index contributed by atoms with van der Waals surface area (Å²) in [6.07, 6.45) is 4.39. The van der Waals surface area contributed by atoms with Crippen molar-refractivity contribution in [1.29, 1.82) is 0 Å². The van der Waals surface area contributed by atoms with Crippen LogP contribution in [-0.4, -0.2) is 43.9 Å². The Balaban J connectivity index is 1.61. The lowest BCUT2D eigenvalue weighted by molar-refractivity contribution is 0.476. The monoisotopic (exact) mass is 472 g/mol. The molecule has 4 heterocycles. The van der Waals surface area contributed by atoms with E-state index in [1.165, 1.54) is 11.1 Å². The number of fused-ring (bicyclic) bond motifs is 2. The molecule has 3 aromatic heterocycles. The molecule has 0 bridgehead atoms. The fourth-order valence-corrected chi connectivity index (χ4v) is 4.45. The van der Waals surface area contributed by atoms with Crippen molar-refractivity contribution >= 4 is 28.5 Å².